The Labute approximate surface area is 118 Å². The summed E-state index contributed by atoms with van der Waals surface area (Å²) in [5, 5.41) is 0. The number of anilines is 1. The Morgan fingerprint density at radius 1 is 1.30 bits per heavy atom. The highest BCUT2D eigenvalue weighted by atomic mass is 16.5. The van der Waals surface area contributed by atoms with Crippen LogP contribution >= 0.6 is 0 Å². The third kappa shape index (κ3) is 2.25. The second-order valence-electron chi connectivity index (χ2n) is 5.05. The third-order valence-corrected chi connectivity index (χ3v) is 3.35. The van der Waals surface area contributed by atoms with Gasteiger partial charge >= 0.3 is 0 Å². The molecule has 4 nitrogen and oxygen atoms in total. The minimum absolute atomic E-state index is 0.0176. The highest BCUT2D eigenvalue weighted by Crippen LogP contribution is 2.35. The van der Waals surface area contributed by atoms with Crippen LogP contribution in [0.2, 0.25) is 0 Å². The summed E-state index contributed by atoms with van der Waals surface area (Å²) in [7, 11) is 0. The average molecular weight is 268 g/mol. The van der Waals surface area contributed by atoms with Crippen molar-refractivity contribution >= 4 is 11.6 Å². The highest BCUT2D eigenvalue weighted by Gasteiger charge is 2.28. The molecule has 1 aliphatic rings. The lowest BCUT2D eigenvalue weighted by Crippen LogP contribution is -2.42. The largest absolute Gasteiger partial charge is 0.487 e. The summed E-state index contributed by atoms with van der Waals surface area (Å²) >= 11 is 0. The summed E-state index contributed by atoms with van der Waals surface area (Å²) in [4.78, 5) is 18.4. The Balaban J connectivity index is 2.02. The van der Waals surface area contributed by atoms with E-state index in [4.69, 9.17) is 4.74 Å². The van der Waals surface area contributed by atoms with Crippen molar-refractivity contribution in [2.24, 2.45) is 0 Å². The molecule has 1 aromatic carbocycles. The van der Waals surface area contributed by atoms with E-state index in [1.54, 1.807) is 29.4 Å². The molecule has 0 saturated heterocycles. The fourth-order valence-corrected chi connectivity index (χ4v) is 2.39. The minimum Gasteiger partial charge on any atom is -0.487 e. The smallest absolute Gasteiger partial charge is 0.258 e. The fourth-order valence-electron chi connectivity index (χ4n) is 2.39. The molecule has 1 atom stereocenters. The molecular formula is C16H16N2O2. The SMILES string of the molecule is Cc1ccc2c(c1)N(C(=O)c1ccncc1)CC(C)O2. The van der Waals surface area contributed by atoms with Crippen LogP contribution in [0.3, 0.4) is 0 Å². The van der Waals surface area contributed by atoms with Gasteiger partial charge in [-0.25, -0.2) is 0 Å². The van der Waals surface area contributed by atoms with Crippen LogP contribution in [0.5, 0.6) is 5.75 Å². The van der Waals surface area contributed by atoms with E-state index < -0.39 is 0 Å². The quantitative estimate of drug-likeness (QED) is 0.798. The van der Waals surface area contributed by atoms with E-state index in [1.807, 2.05) is 32.0 Å². The summed E-state index contributed by atoms with van der Waals surface area (Å²) < 4.78 is 5.80. The number of rotatable bonds is 1. The minimum atomic E-state index is -0.0191. The van der Waals surface area contributed by atoms with E-state index in [2.05, 4.69) is 4.98 Å². The predicted molar refractivity (Wildman–Crippen MR) is 77.2 cm³/mol. The molecule has 0 spiro atoms. The Morgan fingerprint density at radius 3 is 2.80 bits per heavy atom. The topological polar surface area (TPSA) is 42.4 Å². The van der Waals surface area contributed by atoms with Gasteiger partial charge in [-0.15, -0.1) is 0 Å². The number of aryl methyl sites for hydroxylation is 1. The molecule has 0 fully saturated rings. The van der Waals surface area contributed by atoms with Crippen molar-refractivity contribution in [2.45, 2.75) is 20.0 Å². The van der Waals surface area contributed by atoms with Gasteiger partial charge in [0.05, 0.1) is 12.2 Å². The lowest BCUT2D eigenvalue weighted by molar-refractivity contribution is 0.0961. The molecule has 1 amide bonds. The van der Waals surface area contributed by atoms with Gasteiger partial charge in [0.15, 0.2) is 0 Å². The van der Waals surface area contributed by atoms with Crippen LogP contribution < -0.4 is 9.64 Å². The van der Waals surface area contributed by atoms with Gasteiger partial charge in [0.25, 0.3) is 5.91 Å². The van der Waals surface area contributed by atoms with Gasteiger partial charge in [0, 0.05) is 18.0 Å². The van der Waals surface area contributed by atoms with Crippen LogP contribution in [0.1, 0.15) is 22.8 Å². The normalized spacial score (nSPS) is 17.3. The zero-order valence-electron chi connectivity index (χ0n) is 11.5. The fraction of sp³-hybridized carbons (Fsp3) is 0.250. The van der Waals surface area contributed by atoms with Crippen molar-refractivity contribution in [3.8, 4) is 5.75 Å². The molecule has 2 heterocycles. The van der Waals surface area contributed by atoms with Gasteiger partial charge in [0.1, 0.15) is 11.9 Å². The molecule has 1 aromatic heterocycles. The maximum Gasteiger partial charge on any atom is 0.258 e. The number of hydrogen-bond donors (Lipinski definition) is 0. The molecule has 4 heteroatoms. The second kappa shape index (κ2) is 4.96. The molecule has 0 saturated carbocycles. The predicted octanol–water partition coefficient (Wildman–Crippen LogP) is 2.82. The molecule has 0 N–H and O–H groups in total. The number of carbonyl (C=O) groups is 1. The van der Waals surface area contributed by atoms with Crippen LogP contribution in [0.4, 0.5) is 5.69 Å². The van der Waals surface area contributed by atoms with Crippen LogP contribution in [-0.4, -0.2) is 23.5 Å². The average Bonchev–Trinajstić information content (AvgIpc) is 2.47. The second-order valence-corrected chi connectivity index (χ2v) is 5.05. The van der Waals surface area contributed by atoms with Crippen molar-refractivity contribution < 1.29 is 9.53 Å². The first-order valence-electron chi connectivity index (χ1n) is 6.64. The molecular weight excluding hydrogens is 252 g/mol. The van der Waals surface area contributed by atoms with Gasteiger partial charge < -0.3 is 9.64 Å². The Bertz CT molecular complexity index is 640. The van der Waals surface area contributed by atoms with Gasteiger partial charge in [-0.05, 0) is 43.7 Å². The standard InChI is InChI=1S/C16H16N2O2/c1-11-3-4-15-14(9-11)18(10-12(2)20-15)16(19)13-5-7-17-8-6-13/h3-9,12H,10H2,1-2H3. The molecule has 1 aliphatic heterocycles. The van der Waals surface area contributed by atoms with Gasteiger partial charge in [-0.1, -0.05) is 6.07 Å². The highest BCUT2D eigenvalue weighted by molar-refractivity contribution is 6.07. The number of pyridine rings is 1. The first kappa shape index (κ1) is 12.7. The summed E-state index contributed by atoms with van der Waals surface area (Å²) in [5.41, 5.74) is 2.58. The zero-order valence-corrected chi connectivity index (χ0v) is 11.5. The van der Waals surface area contributed by atoms with Crippen LogP contribution in [0, 0.1) is 6.92 Å². The number of benzene rings is 1. The zero-order chi connectivity index (χ0) is 14.1. The Kier molecular flexibility index (Phi) is 3.14. The van der Waals surface area contributed by atoms with E-state index in [0.29, 0.717) is 12.1 Å². The molecule has 20 heavy (non-hydrogen) atoms. The molecule has 0 bridgehead atoms. The molecule has 2 aromatic rings. The molecule has 102 valence electrons. The molecule has 3 rings (SSSR count). The summed E-state index contributed by atoms with van der Waals surface area (Å²) in [6, 6.07) is 9.37. The van der Waals surface area contributed by atoms with Crippen molar-refractivity contribution in [1.29, 1.82) is 0 Å². The lowest BCUT2D eigenvalue weighted by Gasteiger charge is -2.33. The van der Waals surface area contributed by atoms with Crippen LogP contribution in [0.15, 0.2) is 42.7 Å². The number of fused-ring (bicyclic) bond motifs is 1. The van der Waals surface area contributed by atoms with Crippen molar-refractivity contribution in [3.05, 3.63) is 53.9 Å². The van der Waals surface area contributed by atoms with E-state index in [1.165, 1.54) is 0 Å². The van der Waals surface area contributed by atoms with Crippen LogP contribution in [0.25, 0.3) is 0 Å². The third-order valence-electron chi connectivity index (χ3n) is 3.35. The van der Waals surface area contributed by atoms with Gasteiger partial charge in [-0.2, -0.15) is 0 Å². The van der Waals surface area contributed by atoms with Gasteiger partial charge in [0.2, 0.25) is 0 Å². The first-order chi connectivity index (χ1) is 9.65. The van der Waals surface area contributed by atoms with Gasteiger partial charge in [-0.3, -0.25) is 9.78 Å². The molecule has 0 aliphatic carbocycles. The number of aromatic nitrogens is 1. The Morgan fingerprint density at radius 2 is 2.05 bits per heavy atom. The number of amides is 1. The Hall–Kier alpha value is -2.36. The summed E-state index contributed by atoms with van der Waals surface area (Å²) in [6.07, 6.45) is 3.25. The van der Waals surface area contributed by atoms with E-state index in [-0.39, 0.29) is 12.0 Å². The number of ether oxygens (including phenoxy) is 1. The maximum atomic E-state index is 12.7. The number of carbonyl (C=O) groups excluding carboxylic acids is 1. The maximum absolute atomic E-state index is 12.7. The lowest BCUT2D eigenvalue weighted by atomic mass is 10.1. The van der Waals surface area contributed by atoms with Crippen LogP contribution in [-0.2, 0) is 0 Å². The van der Waals surface area contributed by atoms with E-state index in [0.717, 1.165) is 17.0 Å². The number of hydrogen-bond acceptors (Lipinski definition) is 3. The number of nitrogens with zero attached hydrogens (tertiary/aromatic N) is 2. The van der Waals surface area contributed by atoms with E-state index >= 15 is 0 Å². The first-order valence-corrected chi connectivity index (χ1v) is 6.64. The summed E-state index contributed by atoms with van der Waals surface area (Å²) in [6.45, 7) is 4.53. The van der Waals surface area contributed by atoms with E-state index in [9.17, 15) is 4.79 Å². The van der Waals surface area contributed by atoms with Crippen molar-refractivity contribution in [3.63, 3.8) is 0 Å². The van der Waals surface area contributed by atoms with Crippen molar-refractivity contribution in [1.82, 2.24) is 4.98 Å². The summed E-state index contributed by atoms with van der Waals surface area (Å²) in [5.74, 6) is 0.742. The molecule has 0 radical (unpaired) electrons. The monoisotopic (exact) mass is 268 g/mol. The molecule has 1 unspecified atom stereocenters. The van der Waals surface area contributed by atoms with Crippen molar-refractivity contribution in [2.75, 3.05) is 11.4 Å².